The van der Waals surface area contributed by atoms with Crippen molar-refractivity contribution in [3.8, 4) is 5.75 Å². The van der Waals surface area contributed by atoms with Gasteiger partial charge in [-0.25, -0.2) is 0 Å². The van der Waals surface area contributed by atoms with Crippen LogP contribution in [0.4, 0.5) is 14.6 Å². The molecule has 0 aliphatic rings. The fourth-order valence-corrected chi connectivity index (χ4v) is 3.48. The highest BCUT2D eigenvalue weighted by molar-refractivity contribution is 7.21. The minimum atomic E-state index is -2.98. The van der Waals surface area contributed by atoms with Gasteiger partial charge in [-0.15, -0.1) is 11.3 Å². The first-order valence-corrected chi connectivity index (χ1v) is 7.55. The number of amides is 1. The van der Waals surface area contributed by atoms with E-state index in [0.717, 1.165) is 11.3 Å². The number of ether oxygens (including phenoxy) is 1. The van der Waals surface area contributed by atoms with Crippen LogP contribution in [0.1, 0.15) is 15.4 Å². The number of hydrogen-bond acceptors (Lipinski definition) is 5. The predicted octanol–water partition coefficient (Wildman–Crippen LogP) is 4.70. The zero-order valence-electron chi connectivity index (χ0n) is 11.6. The van der Waals surface area contributed by atoms with Gasteiger partial charge in [0.1, 0.15) is 16.4 Å². The topological polar surface area (TPSA) is 64.4 Å². The first kappa shape index (κ1) is 15.7. The summed E-state index contributed by atoms with van der Waals surface area (Å²) in [5.74, 6) is 0.197. The Balaban J connectivity index is 1.98. The zero-order valence-corrected chi connectivity index (χ0v) is 13.2. The normalized spacial score (nSPS) is 11.2. The third kappa shape index (κ3) is 3.13. The monoisotopic (exact) mass is 358 g/mol. The van der Waals surface area contributed by atoms with Crippen LogP contribution in [0.5, 0.6) is 5.75 Å². The molecule has 0 radical (unpaired) electrons. The molecule has 23 heavy (non-hydrogen) atoms. The van der Waals surface area contributed by atoms with E-state index in [2.05, 4.69) is 15.2 Å². The Labute approximate surface area is 137 Å². The van der Waals surface area contributed by atoms with Gasteiger partial charge in [0, 0.05) is 10.8 Å². The number of aryl methyl sites for hydroxylation is 1. The summed E-state index contributed by atoms with van der Waals surface area (Å²) in [6.45, 7) is -1.30. The van der Waals surface area contributed by atoms with Crippen LogP contribution in [0, 0.1) is 6.92 Å². The summed E-state index contributed by atoms with van der Waals surface area (Å²) in [5.41, 5.74) is 0. The number of anilines is 1. The molecule has 3 aromatic rings. The molecule has 1 N–H and O–H groups in total. The van der Waals surface area contributed by atoms with Gasteiger partial charge in [0.15, 0.2) is 5.82 Å². The third-order valence-electron chi connectivity index (χ3n) is 2.91. The van der Waals surface area contributed by atoms with Crippen LogP contribution < -0.4 is 10.1 Å². The lowest BCUT2D eigenvalue weighted by Gasteiger charge is -2.05. The Morgan fingerprint density at radius 2 is 2.26 bits per heavy atom. The second-order valence-corrected chi connectivity index (χ2v) is 5.96. The summed E-state index contributed by atoms with van der Waals surface area (Å²) in [7, 11) is 0. The summed E-state index contributed by atoms with van der Waals surface area (Å²) in [5, 5.41) is 6.52. The van der Waals surface area contributed by atoms with Crippen LogP contribution >= 0.6 is 22.9 Å². The van der Waals surface area contributed by atoms with Gasteiger partial charge in [-0.3, -0.25) is 4.79 Å². The average Bonchev–Trinajstić information content (AvgIpc) is 3.03. The second-order valence-electron chi connectivity index (χ2n) is 4.53. The van der Waals surface area contributed by atoms with Gasteiger partial charge in [-0.1, -0.05) is 22.8 Å². The van der Waals surface area contributed by atoms with Gasteiger partial charge < -0.3 is 14.6 Å². The summed E-state index contributed by atoms with van der Waals surface area (Å²) in [6.07, 6.45) is 0. The number of alkyl halides is 2. The Kier molecular flexibility index (Phi) is 4.18. The minimum absolute atomic E-state index is 0.0546. The van der Waals surface area contributed by atoms with Crippen molar-refractivity contribution in [1.29, 1.82) is 0 Å². The van der Waals surface area contributed by atoms with Crippen molar-refractivity contribution >= 4 is 44.7 Å². The van der Waals surface area contributed by atoms with Crippen LogP contribution in [0.15, 0.2) is 28.8 Å². The van der Waals surface area contributed by atoms with Crippen LogP contribution in [-0.4, -0.2) is 17.7 Å². The number of benzene rings is 1. The molecule has 1 amide bonds. The number of rotatable bonds is 4. The molecule has 9 heteroatoms. The molecule has 1 aromatic carbocycles. The summed E-state index contributed by atoms with van der Waals surface area (Å²) in [4.78, 5) is 12.5. The number of hydrogen-bond donors (Lipinski definition) is 1. The number of nitrogens with zero attached hydrogens (tertiary/aromatic N) is 1. The van der Waals surface area contributed by atoms with Crippen molar-refractivity contribution in [2.24, 2.45) is 0 Å². The first-order valence-electron chi connectivity index (χ1n) is 6.36. The fourth-order valence-electron chi connectivity index (χ4n) is 2.02. The third-order valence-corrected chi connectivity index (χ3v) is 4.55. The molecule has 2 aromatic heterocycles. The van der Waals surface area contributed by atoms with E-state index in [1.807, 2.05) is 0 Å². The number of carbonyl (C=O) groups excluding carboxylic acids is 1. The second kappa shape index (κ2) is 6.13. The SMILES string of the molecule is Cc1cc(NC(=O)c2sc3cccc(OC(F)F)c3c2Cl)no1. The number of aromatic nitrogens is 1. The smallest absolute Gasteiger partial charge is 0.387 e. The molecule has 0 spiro atoms. The maximum Gasteiger partial charge on any atom is 0.387 e. The minimum Gasteiger partial charge on any atom is -0.434 e. The van der Waals surface area contributed by atoms with Crippen molar-refractivity contribution in [2.45, 2.75) is 13.5 Å². The molecule has 0 fully saturated rings. The molecular formula is C14H9ClF2N2O3S. The molecule has 2 heterocycles. The van der Waals surface area contributed by atoms with E-state index in [4.69, 9.17) is 16.1 Å². The average molecular weight is 359 g/mol. The molecule has 0 atom stereocenters. The van der Waals surface area contributed by atoms with E-state index in [1.165, 1.54) is 6.07 Å². The maximum atomic E-state index is 12.5. The molecule has 0 saturated heterocycles. The number of nitrogens with one attached hydrogen (secondary N) is 1. The van der Waals surface area contributed by atoms with E-state index in [9.17, 15) is 13.6 Å². The fraction of sp³-hybridized carbons (Fsp3) is 0.143. The number of halogens is 3. The molecular weight excluding hydrogens is 350 g/mol. The Morgan fingerprint density at radius 1 is 1.48 bits per heavy atom. The van der Waals surface area contributed by atoms with Gasteiger partial charge in [0.25, 0.3) is 5.91 Å². The molecule has 0 unspecified atom stereocenters. The quantitative estimate of drug-likeness (QED) is 0.734. The maximum absolute atomic E-state index is 12.5. The van der Waals surface area contributed by atoms with Crippen LogP contribution in [0.25, 0.3) is 10.1 Å². The summed E-state index contributed by atoms with van der Waals surface area (Å²) >= 11 is 7.26. The predicted molar refractivity (Wildman–Crippen MR) is 82.7 cm³/mol. The molecule has 120 valence electrons. The summed E-state index contributed by atoms with van der Waals surface area (Å²) < 4.78 is 34.8. The first-order chi connectivity index (χ1) is 11.0. The van der Waals surface area contributed by atoms with Gasteiger partial charge in [-0.05, 0) is 19.1 Å². The van der Waals surface area contributed by atoms with Crippen molar-refractivity contribution in [2.75, 3.05) is 5.32 Å². The van der Waals surface area contributed by atoms with E-state index in [0.29, 0.717) is 10.5 Å². The van der Waals surface area contributed by atoms with E-state index in [1.54, 1.807) is 25.1 Å². The lowest BCUT2D eigenvalue weighted by atomic mass is 10.2. The van der Waals surface area contributed by atoms with Gasteiger partial charge in [-0.2, -0.15) is 8.78 Å². The highest BCUT2D eigenvalue weighted by Gasteiger charge is 2.21. The van der Waals surface area contributed by atoms with Gasteiger partial charge in [0.05, 0.1) is 10.4 Å². The Bertz CT molecular complexity index is 878. The van der Waals surface area contributed by atoms with Crippen molar-refractivity contribution in [1.82, 2.24) is 5.16 Å². The zero-order chi connectivity index (χ0) is 16.6. The van der Waals surface area contributed by atoms with Crippen molar-refractivity contribution < 1.29 is 22.8 Å². The molecule has 3 rings (SSSR count). The van der Waals surface area contributed by atoms with Crippen LogP contribution in [-0.2, 0) is 0 Å². The van der Waals surface area contributed by atoms with Crippen molar-refractivity contribution in [3.05, 3.63) is 39.9 Å². The van der Waals surface area contributed by atoms with Crippen LogP contribution in [0.3, 0.4) is 0 Å². The molecule has 0 saturated carbocycles. The standard InChI is InChI=1S/C14H9ClF2N2O3S/c1-6-5-9(19-22-6)18-13(20)12-11(15)10-7(21-14(16)17)3-2-4-8(10)23-12/h2-5,14H,1H3,(H,18,19,20). The van der Waals surface area contributed by atoms with E-state index < -0.39 is 12.5 Å². The lowest BCUT2D eigenvalue weighted by Crippen LogP contribution is -2.10. The van der Waals surface area contributed by atoms with Crippen molar-refractivity contribution in [3.63, 3.8) is 0 Å². The summed E-state index contributed by atoms with van der Waals surface area (Å²) in [6, 6.07) is 6.14. The van der Waals surface area contributed by atoms with E-state index >= 15 is 0 Å². The Hall–Kier alpha value is -2.19. The highest BCUT2D eigenvalue weighted by Crippen LogP contribution is 2.41. The number of fused-ring (bicyclic) bond motifs is 1. The molecule has 0 bridgehead atoms. The molecule has 0 aliphatic heterocycles. The van der Waals surface area contributed by atoms with Crippen LogP contribution in [0.2, 0.25) is 5.02 Å². The highest BCUT2D eigenvalue weighted by atomic mass is 35.5. The lowest BCUT2D eigenvalue weighted by molar-refractivity contribution is -0.0487. The number of thiophene rings is 1. The molecule has 0 aliphatic carbocycles. The van der Waals surface area contributed by atoms with Gasteiger partial charge in [0.2, 0.25) is 0 Å². The Morgan fingerprint density at radius 3 is 2.91 bits per heavy atom. The molecule has 5 nitrogen and oxygen atoms in total. The largest absolute Gasteiger partial charge is 0.434 e. The van der Waals surface area contributed by atoms with E-state index in [-0.39, 0.29) is 26.9 Å². The van der Waals surface area contributed by atoms with Gasteiger partial charge >= 0.3 is 6.61 Å². The number of carbonyl (C=O) groups is 1.